The molecule has 8 heteroatoms. The Morgan fingerprint density at radius 2 is 2.20 bits per heavy atom. The molecular formula is C17H17BrN4O2S. The summed E-state index contributed by atoms with van der Waals surface area (Å²) in [6, 6.07) is 7.88. The molecule has 0 aliphatic rings. The predicted molar refractivity (Wildman–Crippen MR) is 100 cm³/mol. The van der Waals surface area contributed by atoms with E-state index in [4.69, 9.17) is 4.52 Å². The topological polar surface area (TPSA) is 80.9 Å². The minimum Gasteiger partial charge on any atom is -0.339 e. The number of amides is 1. The summed E-state index contributed by atoms with van der Waals surface area (Å²) in [7, 11) is 0. The monoisotopic (exact) mass is 420 g/mol. The van der Waals surface area contributed by atoms with Crippen molar-refractivity contribution < 1.29 is 9.32 Å². The summed E-state index contributed by atoms with van der Waals surface area (Å²) in [5, 5.41) is 9.20. The Morgan fingerprint density at radius 1 is 1.32 bits per heavy atom. The molecule has 2 heterocycles. The van der Waals surface area contributed by atoms with E-state index in [1.165, 1.54) is 11.3 Å². The maximum atomic E-state index is 12.1. The Labute approximate surface area is 157 Å². The summed E-state index contributed by atoms with van der Waals surface area (Å²) >= 11 is 4.85. The molecule has 3 aromatic rings. The molecule has 0 saturated carbocycles. The molecule has 130 valence electrons. The van der Waals surface area contributed by atoms with Gasteiger partial charge in [-0.1, -0.05) is 40.1 Å². The van der Waals surface area contributed by atoms with Gasteiger partial charge in [0.25, 0.3) is 0 Å². The molecule has 0 aliphatic heterocycles. The number of aryl methyl sites for hydroxylation is 2. The van der Waals surface area contributed by atoms with Gasteiger partial charge >= 0.3 is 0 Å². The number of benzene rings is 1. The molecule has 0 saturated heterocycles. The molecule has 1 amide bonds. The van der Waals surface area contributed by atoms with E-state index in [1.54, 1.807) is 0 Å². The van der Waals surface area contributed by atoms with Gasteiger partial charge in [-0.05, 0) is 18.6 Å². The number of thiazole rings is 1. The Hall–Kier alpha value is -2.06. The van der Waals surface area contributed by atoms with E-state index in [0.29, 0.717) is 23.3 Å². The summed E-state index contributed by atoms with van der Waals surface area (Å²) < 4.78 is 6.12. The van der Waals surface area contributed by atoms with E-state index in [0.717, 1.165) is 28.6 Å². The van der Waals surface area contributed by atoms with Crippen LogP contribution in [-0.4, -0.2) is 21.0 Å². The SMILES string of the molecule is CCCc1noc(CCC(=O)Nc2nc(-c3cccc(Br)c3)cs2)n1. The Balaban J connectivity index is 1.54. The van der Waals surface area contributed by atoms with Gasteiger partial charge in [-0.15, -0.1) is 11.3 Å². The average Bonchev–Trinajstić information content (AvgIpc) is 3.23. The van der Waals surface area contributed by atoms with Gasteiger partial charge in [0, 0.05) is 34.7 Å². The van der Waals surface area contributed by atoms with Gasteiger partial charge in [-0.25, -0.2) is 4.98 Å². The van der Waals surface area contributed by atoms with E-state index >= 15 is 0 Å². The number of anilines is 1. The molecule has 2 aromatic heterocycles. The first kappa shape index (κ1) is 17.8. The van der Waals surface area contributed by atoms with Crippen LogP contribution in [0.4, 0.5) is 5.13 Å². The number of carbonyl (C=O) groups is 1. The molecule has 3 rings (SSSR count). The van der Waals surface area contributed by atoms with Crippen molar-refractivity contribution in [3.63, 3.8) is 0 Å². The molecule has 0 aliphatic carbocycles. The summed E-state index contributed by atoms with van der Waals surface area (Å²) in [5.74, 6) is 1.06. The standard InChI is InChI=1S/C17H17BrN4O2S/c1-2-4-14-20-16(24-22-14)8-7-15(23)21-17-19-13(10-25-17)11-5-3-6-12(18)9-11/h3,5-6,9-10H,2,4,7-8H2,1H3,(H,19,21,23). The highest BCUT2D eigenvalue weighted by Crippen LogP contribution is 2.26. The van der Waals surface area contributed by atoms with Crippen molar-refractivity contribution >= 4 is 38.3 Å². The minimum atomic E-state index is -0.120. The van der Waals surface area contributed by atoms with E-state index in [-0.39, 0.29) is 12.3 Å². The molecular weight excluding hydrogens is 404 g/mol. The Morgan fingerprint density at radius 3 is 3.00 bits per heavy atom. The second-order valence-electron chi connectivity index (χ2n) is 5.45. The fraction of sp³-hybridized carbons (Fsp3) is 0.294. The zero-order valence-corrected chi connectivity index (χ0v) is 16.1. The molecule has 1 aromatic carbocycles. The van der Waals surface area contributed by atoms with Crippen molar-refractivity contribution in [1.82, 2.24) is 15.1 Å². The lowest BCUT2D eigenvalue weighted by Crippen LogP contribution is -2.12. The highest BCUT2D eigenvalue weighted by Gasteiger charge is 2.11. The normalized spacial score (nSPS) is 10.8. The molecule has 6 nitrogen and oxygen atoms in total. The third-order valence-corrected chi connectivity index (χ3v) is 4.67. The van der Waals surface area contributed by atoms with Crippen molar-refractivity contribution in [2.45, 2.75) is 32.6 Å². The zero-order valence-electron chi connectivity index (χ0n) is 13.7. The maximum absolute atomic E-state index is 12.1. The molecule has 0 fully saturated rings. The van der Waals surface area contributed by atoms with E-state index in [9.17, 15) is 4.79 Å². The maximum Gasteiger partial charge on any atom is 0.227 e. The fourth-order valence-electron chi connectivity index (χ4n) is 2.23. The first-order valence-electron chi connectivity index (χ1n) is 7.97. The van der Waals surface area contributed by atoms with Gasteiger partial charge in [-0.3, -0.25) is 4.79 Å². The average molecular weight is 421 g/mol. The first-order valence-corrected chi connectivity index (χ1v) is 9.64. The van der Waals surface area contributed by atoms with Gasteiger partial charge in [0.2, 0.25) is 11.8 Å². The smallest absolute Gasteiger partial charge is 0.227 e. The molecule has 0 spiro atoms. The van der Waals surface area contributed by atoms with Crippen LogP contribution in [0.25, 0.3) is 11.3 Å². The molecule has 0 unspecified atom stereocenters. The number of hydrogen-bond acceptors (Lipinski definition) is 6. The number of aromatic nitrogens is 3. The zero-order chi connectivity index (χ0) is 17.6. The highest BCUT2D eigenvalue weighted by atomic mass is 79.9. The summed E-state index contributed by atoms with van der Waals surface area (Å²) in [6.07, 6.45) is 2.45. The van der Waals surface area contributed by atoms with E-state index in [1.807, 2.05) is 29.6 Å². The third-order valence-electron chi connectivity index (χ3n) is 3.42. The Kier molecular flexibility index (Phi) is 5.93. The van der Waals surface area contributed by atoms with E-state index in [2.05, 4.69) is 43.3 Å². The number of hydrogen-bond donors (Lipinski definition) is 1. The molecule has 0 atom stereocenters. The number of halogens is 1. The van der Waals surface area contributed by atoms with Crippen LogP contribution >= 0.6 is 27.3 Å². The fourth-order valence-corrected chi connectivity index (χ4v) is 3.37. The van der Waals surface area contributed by atoms with Crippen LogP contribution in [0.15, 0.2) is 38.6 Å². The van der Waals surface area contributed by atoms with Crippen LogP contribution in [0.5, 0.6) is 0 Å². The predicted octanol–water partition coefficient (Wildman–Crippen LogP) is 4.48. The van der Waals surface area contributed by atoms with Crippen molar-refractivity contribution in [3.8, 4) is 11.3 Å². The van der Waals surface area contributed by atoms with Crippen molar-refractivity contribution in [1.29, 1.82) is 0 Å². The lowest BCUT2D eigenvalue weighted by molar-refractivity contribution is -0.116. The quantitative estimate of drug-likeness (QED) is 0.609. The second-order valence-corrected chi connectivity index (χ2v) is 7.22. The number of rotatable bonds is 7. The van der Waals surface area contributed by atoms with Crippen LogP contribution in [0.1, 0.15) is 31.5 Å². The number of nitrogens with zero attached hydrogens (tertiary/aromatic N) is 3. The molecule has 25 heavy (non-hydrogen) atoms. The van der Waals surface area contributed by atoms with Crippen molar-refractivity contribution in [3.05, 3.63) is 45.8 Å². The van der Waals surface area contributed by atoms with Crippen molar-refractivity contribution in [2.75, 3.05) is 5.32 Å². The van der Waals surface area contributed by atoms with Gasteiger partial charge < -0.3 is 9.84 Å². The van der Waals surface area contributed by atoms with Crippen LogP contribution in [-0.2, 0) is 17.6 Å². The molecule has 1 N–H and O–H groups in total. The lowest BCUT2D eigenvalue weighted by Gasteiger charge is -2.00. The summed E-state index contributed by atoms with van der Waals surface area (Å²) in [5.41, 5.74) is 1.84. The van der Waals surface area contributed by atoms with Crippen LogP contribution in [0, 0.1) is 0 Å². The van der Waals surface area contributed by atoms with Crippen LogP contribution in [0.2, 0.25) is 0 Å². The van der Waals surface area contributed by atoms with Crippen LogP contribution in [0.3, 0.4) is 0 Å². The number of carbonyl (C=O) groups excluding carboxylic acids is 1. The summed E-state index contributed by atoms with van der Waals surface area (Å²) in [4.78, 5) is 20.8. The molecule has 0 bridgehead atoms. The largest absolute Gasteiger partial charge is 0.339 e. The third kappa shape index (κ3) is 4.96. The lowest BCUT2D eigenvalue weighted by atomic mass is 10.2. The second kappa shape index (κ2) is 8.35. The van der Waals surface area contributed by atoms with E-state index < -0.39 is 0 Å². The first-order chi connectivity index (χ1) is 12.1. The highest BCUT2D eigenvalue weighted by molar-refractivity contribution is 9.10. The Bertz CT molecular complexity index is 862. The minimum absolute atomic E-state index is 0.120. The molecule has 0 radical (unpaired) electrons. The summed E-state index contributed by atoms with van der Waals surface area (Å²) in [6.45, 7) is 2.06. The van der Waals surface area contributed by atoms with Gasteiger partial charge in [0.1, 0.15) is 0 Å². The van der Waals surface area contributed by atoms with Gasteiger partial charge in [0.05, 0.1) is 5.69 Å². The van der Waals surface area contributed by atoms with Crippen molar-refractivity contribution in [2.24, 2.45) is 0 Å². The number of nitrogens with one attached hydrogen (secondary N) is 1. The van der Waals surface area contributed by atoms with Gasteiger partial charge in [0.15, 0.2) is 11.0 Å². The van der Waals surface area contributed by atoms with Gasteiger partial charge in [-0.2, -0.15) is 4.98 Å². The van der Waals surface area contributed by atoms with Crippen LogP contribution < -0.4 is 5.32 Å².